The van der Waals surface area contributed by atoms with E-state index in [4.69, 9.17) is 4.43 Å². The highest BCUT2D eigenvalue weighted by Crippen LogP contribution is 2.19. The van der Waals surface area contributed by atoms with Crippen LogP contribution in [0.25, 0.3) is 0 Å². The lowest BCUT2D eigenvalue weighted by atomic mass is 10.5. The second-order valence-electron chi connectivity index (χ2n) is 3.18. The zero-order valence-electron chi connectivity index (χ0n) is 7.13. The number of carbonyl (C=O) groups is 1. The Labute approximate surface area is 64.3 Å². The van der Waals surface area contributed by atoms with Crippen LogP contribution in [0, 0.1) is 0 Å². The van der Waals surface area contributed by atoms with Crippen LogP contribution in [-0.2, 0) is 9.22 Å². The first-order valence-electron chi connectivity index (χ1n) is 3.68. The molecule has 0 N–H and O–H groups in total. The van der Waals surface area contributed by atoms with Crippen LogP contribution in [0.3, 0.4) is 0 Å². The standard InChI is InChI=1S/C7H16O2Si/c1-6(2)10(7(3)4)9-5-8/h5-7,10H,1-4H3. The van der Waals surface area contributed by atoms with Gasteiger partial charge in [0, 0.05) is 0 Å². The molecule has 0 fully saturated rings. The van der Waals surface area contributed by atoms with Crippen molar-refractivity contribution >= 4 is 15.5 Å². The molecule has 0 aliphatic rings. The first kappa shape index (κ1) is 9.69. The molecule has 0 rings (SSSR count). The molecule has 2 nitrogen and oxygen atoms in total. The molecule has 0 aromatic rings. The van der Waals surface area contributed by atoms with Gasteiger partial charge in [0.15, 0.2) is 0 Å². The lowest BCUT2D eigenvalue weighted by Crippen LogP contribution is -2.24. The molecule has 0 aromatic carbocycles. The zero-order chi connectivity index (χ0) is 8.15. The van der Waals surface area contributed by atoms with Gasteiger partial charge in [-0.3, -0.25) is 4.79 Å². The van der Waals surface area contributed by atoms with Crippen molar-refractivity contribution in [1.82, 2.24) is 0 Å². The molecule has 0 bridgehead atoms. The maximum atomic E-state index is 10.0. The fraction of sp³-hybridized carbons (Fsp3) is 0.857. The summed E-state index contributed by atoms with van der Waals surface area (Å²) in [5.41, 5.74) is 1.09. The summed E-state index contributed by atoms with van der Waals surface area (Å²) in [6.45, 7) is 9.04. The molecular weight excluding hydrogens is 144 g/mol. The summed E-state index contributed by atoms with van der Waals surface area (Å²) in [6.07, 6.45) is 0. The SMILES string of the molecule is CC(C)[SiH](OC=O)C(C)C. The van der Waals surface area contributed by atoms with Crippen molar-refractivity contribution in [3.63, 3.8) is 0 Å². The molecule has 3 heteroatoms. The van der Waals surface area contributed by atoms with E-state index in [0.29, 0.717) is 17.6 Å². The van der Waals surface area contributed by atoms with Gasteiger partial charge in [-0.2, -0.15) is 0 Å². The Morgan fingerprint density at radius 1 is 1.20 bits per heavy atom. The summed E-state index contributed by atoms with van der Waals surface area (Å²) in [6, 6.07) is 0. The van der Waals surface area contributed by atoms with Crippen LogP contribution < -0.4 is 0 Å². The molecule has 0 spiro atoms. The molecule has 0 unspecified atom stereocenters. The number of carbonyl (C=O) groups excluding carboxylic acids is 1. The molecule has 10 heavy (non-hydrogen) atoms. The van der Waals surface area contributed by atoms with Gasteiger partial charge < -0.3 is 4.43 Å². The maximum absolute atomic E-state index is 10.0. The Morgan fingerprint density at radius 3 is 1.70 bits per heavy atom. The van der Waals surface area contributed by atoms with E-state index in [0.717, 1.165) is 0 Å². The van der Waals surface area contributed by atoms with Crippen molar-refractivity contribution in [2.75, 3.05) is 0 Å². The van der Waals surface area contributed by atoms with Crippen LogP contribution in [-0.4, -0.2) is 15.5 Å². The summed E-state index contributed by atoms with van der Waals surface area (Å²) >= 11 is 0. The lowest BCUT2D eigenvalue weighted by molar-refractivity contribution is -0.121. The van der Waals surface area contributed by atoms with Gasteiger partial charge in [0.2, 0.25) is 9.04 Å². The smallest absolute Gasteiger partial charge is 0.279 e. The zero-order valence-corrected chi connectivity index (χ0v) is 8.28. The van der Waals surface area contributed by atoms with E-state index in [-0.39, 0.29) is 0 Å². The van der Waals surface area contributed by atoms with Gasteiger partial charge in [-0.25, -0.2) is 0 Å². The largest absolute Gasteiger partial charge is 0.524 e. The van der Waals surface area contributed by atoms with E-state index < -0.39 is 9.04 Å². The first-order chi connectivity index (χ1) is 4.59. The number of hydrogen-bond acceptors (Lipinski definition) is 2. The third kappa shape index (κ3) is 3.01. The topological polar surface area (TPSA) is 26.3 Å². The molecule has 0 amide bonds. The minimum atomic E-state index is -1.25. The Bertz CT molecular complexity index is 93.8. The van der Waals surface area contributed by atoms with Crippen LogP contribution >= 0.6 is 0 Å². The second kappa shape index (κ2) is 4.49. The van der Waals surface area contributed by atoms with Crippen molar-refractivity contribution in [2.45, 2.75) is 38.8 Å². The number of rotatable bonds is 4. The summed E-state index contributed by atoms with van der Waals surface area (Å²) in [4.78, 5) is 10.0. The first-order valence-corrected chi connectivity index (χ1v) is 5.49. The molecule has 0 aromatic heterocycles. The van der Waals surface area contributed by atoms with Crippen LogP contribution in [0.15, 0.2) is 0 Å². The second-order valence-corrected chi connectivity index (χ2v) is 7.05. The third-order valence-electron chi connectivity index (χ3n) is 1.53. The lowest BCUT2D eigenvalue weighted by Gasteiger charge is -2.19. The van der Waals surface area contributed by atoms with E-state index in [1.54, 1.807) is 0 Å². The predicted octanol–water partition coefficient (Wildman–Crippen LogP) is 1.70. The van der Waals surface area contributed by atoms with Crippen LogP contribution in [0.5, 0.6) is 0 Å². The van der Waals surface area contributed by atoms with Gasteiger partial charge in [0.1, 0.15) is 0 Å². The van der Waals surface area contributed by atoms with Gasteiger partial charge in [0.25, 0.3) is 6.47 Å². The molecule has 0 saturated carbocycles. The van der Waals surface area contributed by atoms with Crippen molar-refractivity contribution in [3.05, 3.63) is 0 Å². The Balaban J connectivity index is 3.84. The third-order valence-corrected chi connectivity index (χ3v) is 4.58. The Kier molecular flexibility index (Phi) is 4.35. The van der Waals surface area contributed by atoms with E-state index in [2.05, 4.69) is 27.7 Å². The van der Waals surface area contributed by atoms with Crippen molar-refractivity contribution in [1.29, 1.82) is 0 Å². The molecular formula is C7H16O2Si. The van der Waals surface area contributed by atoms with E-state index in [1.807, 2.05) is 0 Å². The van der Waals surface area contributed by atoms with Gasteiger partial charge in [-0.1, -0.05) is 27.7 Å². The van der Waals surface area contributed by atoms with Crippen LogP contribution in [0.1, 0.15) is 27.7 Å². The molecule has 0 saturated heterocycles. The highest BCUT2D eigenvalue weighted by molar-refractivity contribution is 6.56. The van der Waals surface area contributed by atoms with Crippen molar-refractivity contribution < 1.29 is 9.22 Å². The summed E-state index contributed by atoms with van der Waals surface area (Å²) < 4.78 is 5.02. The summed E-state index contributed by atoms with van der Waals surface area (Å²) in [5.74, 6) is 0. The fourth-order valence-electron chi connectivity index (χ4n) is 1.15. The molecule has 60 valence electrons. The van der Waals surface area contributed by atoms with Crippen molar-refractivity contribution in [2.24, 2.45) is 0 Å². The highest BCUT2D eigenvalue weighted by atomic mass is 28.3. The van der Waals surface area contributed by atoms with E-state index >= 15 is 0 Å². The van der Waals surface area contributed by atoms with Gasteiger partial charge >= 0.3 is 0 Å². The highest BCUT2D eigenvalue weighted by Gasteiger charge is 2.21. The van der Waals surface area contributed by atoms with E-state index in [1.165, 1.54) is 0 Å². The summed E-state index contributed by atoms with van der Waals surface area (Å²) in [7, 11) is -1.25. The van der Waals surface area contributed by atoms with Gasteiger partial charge in [0.05, 0.1) is 0 Å². The average Bonchev–Trinajstić information content (AvgIpc) is 1.81. The fourth-order valence-corrected chi connectivity index (χ4v) is 3.44. The van der Waals surface area contributed by atoms with Crippen LogP contribution in [0.2, 0.25) is 11.1 Å². The van der Waals surface area contributed by atoms with Gasteiger partial charge in [-0.15, -0.1) is 0 Å². The minimum Gasteiger partial charge on any atom is -0.524 e. The average molecular weight is 160 g/mol. The maximum Gasteiger partial charge on any atom is 0.279 e. The van der Waals surface area contributed by atoms with Crippen molar-refractivity contribution in [3.8, 4) is 0 Å². The molecule has 0 atom stereocenters. The normalized spacial score (nSPS) is 11.1. The monoisotopic (exact) mass is 160 g/mol. The number of hydrogen-bond donors (Lipinski definition) is 0. The molecule has 0 aliphatic heterocycles. The minimum absolute atomic E-state index is 0.546. The Hall–Kier alpha value is -0.313. The predicted molar refractivity (Wildman–Crippen MR) is 44.5 cm³/mol. The molecule has 0 aliphatic carbocycles. The molecule has 0 radical (unpaired) electrons. The Morgan fingerprint density at radius 2 is 1.60 bits per heavy atom. The van der Waals surface area contributed by atoms with E-state index in [9.17, 15) is 4.79 Å². The van der Waals surface area contributed by atoms with Crippen LogP contribution in [0.4, 0.5) is 0 Å². The van der Waals surface area contributed by atoms with Gasteiger partial charge in [-0.05, 0) is 11.1 Å². The summed E-state index contributed by atoms with van der Waals surface area (Å²) in [5, 5.41) is 0. The molecule has 0 heterocycles. The quantitative estimate of drug-likeness (QED) is 0.462.